The minimum absolute atomic E-state index is 0.0156. The molecule has 0 unspecified atom stereocenters. The molecule has 0 aliphatic heterocycles. The van der Waals surface area contributed by atoms with Gasteiger partial charge in [-0.3, -0.25) is 0 Å². The Hall–Kier alpha value is -2.01. The van der Waals surface area contributed by atoms with E-state index < -0.39 is 9.84 Å². The lowest BCUT2D eigenvalue weighted by Gasteiger charge is -2.20. The van der Waals surface area contributed by atoms with E-state index in [4.69, 9.17) is 0 Å². The zero-order valence-corrected chi connectivity index (χ0v) is 16.0. The smallest absolute Gasteiger partial charge is 0.211 e. The SMILES string of the molecule is Cc1cc(C)c(O)c(S(=O)(=O)c2c(C)c(C)c(C)c(O)c2C)c1C. The Labute approximate surface area is 143 Å². The first-order valence-corrected chi connectivity index (χ1v) is 9.25. The summed E-state index contributed by atoms with van der Waals surface area (Å²) in [6.07, 6.45) is 0. The second kappa shape index (κ2) is 5.81. The molecule has 130 valence electrons. The summed E-state index contributed by atoms with van der Waals surface area (Å²) >= 11 is 0. The Morgan fingerprint density at radius 1 is 0.625 bits per heavy atom. The van der Waals surface area contributed by atoms with Crippen LogP contribution in [0.2, 0.25) is 0 Å². The van der Waals surface area contributed by atoms with Crippen LogP contribution in [0.3, 0.4) is 0 Å². The molecular weight excluding hydrogens is 324 g/mol. The van der Waals surface area contributed by atoms with Crippen LogP contribution in [-0.2, 0) is 9.84 Å². The number of sulfone groups is 1. The van der Waals surface area contributed by atoms with E-state index in [1.54, 1.807) is 47.6 Å². The fourth-order valence-corrected chi connectivity index (χ4v) is 5.41. The summed E-state index contributed by atoms with van der Waals surface area (Å²) in [6, 6.07) is 1.77. The summed E-state index contributed by atoms with van der Waals surface area (Å²) in [4.78, 5) is 0.000327. The number of aromatic hydroxyl groups is 2. The molecule has 0 heterocycles. The van der Waals surface area contributed by atoms with Crippen LogP contribution in [0.1, 0.15) is 38.9 Å². The van der Waals surface area contributed by atoms with Crippen LogP contribution in [0.25, 0.3) is 0 Å². The van der Waals surface area contributed by atoms with Crippen molar-refractivity contribution >= 4 is 9.84 Å². The lowest BCUT2D eigenvalue weighted by atomic mass is 9.99. The van der Waals surface area contributed by atoms with E-state index in [-0.39, 0.29) is 21.3 Å². The first-order valence-electron chi connectivity index (χ1n) is 7.77. The van der Waals surface area contributed by atoms with E-state index in [0.717, 1.165) is 11.1 Å². The number of hydrogen-bond acceptors (Lipinski definition) is 4. The van der Waals surface area contributed by atoms with E-state index >= 15 is 0 Å². The summed E-state index contributed by atoms with van der Waals surface area (Å²) in [6.45, 7) is 12.1. The van der Waals surface area contributed by atoms with Gasteiger partial charge in [0.05, 0.1) is 4.90 Å². The van der Waals surface area contributed by atoms with Gasteiger partial charge in [-0.2, -0.15) is 0 Å². The molecule has 2 N–H and O–H groups in total. The Morgan fingerprint density at radius 3 is 1.71 bits per heavy atom. The van der Waals surface area contributed by atoms with Gasteiger partial charge in [0.15, 0.2) is 0 Å². The highest BCUT2D eigenvalue weighted by Crippen LogP contribution is 2.41. The molecule has 2 rings (SSSR count). The molecule has 2 aromatic carbocycles. The molecule has 0 atom stereocenters. The Kier molecular flexibility index (Phi) is 4.44. The molecule has 0 aromatic heterocycles. The predicted molar refractivity (Wildman–Crippen MR) is 94.8 cm³/mol. The van der Waals surface area contributed by atoms with E-state index in [2.05, 4.69) is 0 Å². The van der Waals surface area contributed by atoms with Crippen LogP contribution in [-0.4, -0.2) is 18.6 Å². The van der Waals surface area contributed by atoms with Gasteiger partial charge in [0.2, 0.25) is 9.84 Å². The summed E-state index contributed by atoms with van der Waals surface area (Å²) in [5.41, 5.74) is 4.15. The van der Waals surface area contributed by atoms with Gasteiger partial charge < -0.3 is 10.2 Å². The van der Waals surface area contributed by atoms with Gasteiger partial charge in [0.1, 0.15) is 16.4 Å². The molecule has 0 aliphatic rings. The van der Waals surface area contributed by atoms with Crippen LogP contribution < -0.4 is 0 Å². The minimum Gasteiger partial charge on any atom is -0.507 e. The molecule has 24 heavy (non-hydrogen) atoms. The molecule has 0 saturated carbocycles. The van der Waals surface area contributed by atoms with Gasteiger partial charge in [-0.15, -0.1) is 0 Å². The third-order valence-corrected chi connectivity index (χ3v) is 7.19. The Balaban J connectivity index is 3.00. The zero-order valence-electron chi connectivity index (χ0n) is 15.2. The van der Waals surface area contributed by atoms with E-state index in [1.807, 2.05) is 6.92 Å². The average Bonchev–Trinajstić information content (AvgIpc) is 2.49. The fraction of sp³-hybridized carbons (Fsp3) is 0.368. The van der Waals surface area contributed by atoms with Crippen molar-refractivity contribution in [3.05, 3.63) is 45.0 Å². The Bertz CT molecular complexity index is 899. The summed E-state index contributed by atoms with van der Waals surface area (Å²) in [7, 11) is -3.98. The fourth-order valence-electron chi connectivity index (χ4n) is 3.17. The minimum atomic E-state index is -3.98. The number of rotatable bonds is 2. The molecular formula is C19H24O4S. The highest BCUT2D eigenvalue weighted by molar-refractivity contribution is 7.91. The van der Waals surface area contributed by atoms with Gasteiger partial charge in [-0.25, -0.2) is 8.42 Å². The predicted octanol–water partition coefficient (Wildman–Crippen LogP) is 4.09. The van der Waals surface area contributed by atoms with Gasteiger partial charge >= 0.3 is 0 Å². The van der Waals surface area contributed by atoms with E-state index in [9.17, 15) is 18.6 Å². The van der Waals surface area contributed by atoms with Crippen LogP contribution >= 0.6 is 0 Å². The van der Waals surface area contributed by atoms with E-state index in [1.165, 1.54) is 0 Å². The monoisotopic (exact) mass is 348 g/mol. The standard InChI is InChI=1S/C19H24O4S/c1-9-8-10(2)16(20)19(11(9)3)24(22,23)18-14(6)12(4)13(5)17(21)15(18)7/h8,20-21H,1-7H3. The number of aryl methyl sites for hydroxylation is 2. The molecule has 2 aromatic rings. The highest BCUT2D eigenvalue weighted by Gasteiger charge is 2.31. The first kappa shape index (κ1) is 18.3. The first-order chi connectivity index (χ1) is 10.9. The van der Waals surface area contributed by atoms with Crippen molar-refractivity contribution in [2.24, 2.45) is 0 Å². The average molecular weight is 348 g/mol. The van der Waals surface area contributed by atoms with Crippen LogP contribution in [0, 0.1) is 48.5 Å². The largest absolute Gasteiger partial charge is 0.507 e. The number of phenols is 2. The van der Waals surface area contributed by atoms with Gasteiger partial charge in [0, 0.05) is 5.56 Å². The maximum absolute atomic E-state index is 13.4. The molecule has 5 heteroatoms. The normalized spacial score (nSPS) is 11.8. The molecule has 0 spiro atoms. The quantitative estimate of drug-likeness (QED) is 0.857. The Morgan fingerprint density at radius 2 is 1.17 bits per heavy atom. The lowest BCUT2D eigenvalue weighted by molar-refractivity contribution is 0.452. The number of phenolic OH excluding ortho intramolecular Hbond substituents is 2. The third kappa shape index (κ3) is 2.47. The molecule has 0 radical (unpaired) electrons. The van der Waals surface area contributed by atoms with Gasteiger partial charge in [-0.1, -0.05) is 6.07 Å². The van der Waals surface area contributed by atoms with Crippen molar-refractivity contribution in [1.29, 1.82) is 0 Å². The van der Waals surface area contributed by atoms with Crippen LogP contribution in [0.5, 0.6) is 11.5 Å². The molecule has 0 amide bonds. The lowest BCUT2D eigenvalue weighted by Crippen LogP contribution is -2.12. The maximum atomic E-state index is 13.4. The topological polar surface area (TPSA) is 74.6 Å². The molecule has 0 fully saturated rings. The van der Waals surface area contributed by atoms with Crippen molar-refractivity contribution < 1.29 is 18.6 Å². The van der Waals surface area contributed by atoms with Crippen LogP contribution in [0.15, 0.2) is 15.9 Å². The zero-order chi connectivity index (χ0) is 18.6. The van der Waals surface area contributed by atoms with Crippen molar-refractivity contribution in [2.45, 2.75) is 58.3 Å². The molecule has 0 saturated heterocycles. The molecule has 0 bridgehead atoms. The summed E-state index contributed by atoms with van der Waals surface area (Å²) < 4.78 is 26.7. The second-order valence-corrected chi connectivity index (χ2v) is 8.32. The van der Waals surface area contributed by atoms with Gasteiger partial charge in [-0.05, 0) is 81.8 Å². The number of benzene rings is 2. The summed E-state index contributed by atoms with van der Waals surface area (Å²) in [5, 5.41) is 20.8. The van der Waals surface area contributed by atoms with E-state index in [0.29, 0.717) is 27.8 Å². The van der Waals surface area contributed by atoms with Crippen molar-refractivity contribution in [1.82, 2.24) is 0 Å². The van der Waals surface area contributed by atoms with Gasteiger partial charge in [0.25, 0.3) is 0 Å². The molecule has 0 aliphatic carbocycles. The van der Waals surface area contributed by atoms with Crippen LogP contribution in [0.4, 0.5) is 0 Å². The van der Waals surface area contributed by atoms with Crippen molar-refractivity contribution in [3.8, 4) is 11.5 Å². The summed E-state index contributed by atoms with van der Waals surface area (Å²) in [5.74, 6) is -0.243. The third-order valence-electron chi connectivity index (χ3n) is 5.01. The molecule has 4 nitrogen and oxygen atoms in total. The second-order valence-electron chi connectivity index (χ2n) is 6.49. The van der Waals surface area contributed by atoms with Crippen molar-refractivity contribution in [2.75, 3.05) is 0 Å². The number of hydrogen-bond donors (Lipinski definition) is 2. The highest BCUT2D eigenvalue weighted by atomic mass is 32.2. The van der Waals surface area contributed by atoms with Crippen molar-refractivity contribution in [3.63, 3.8) is 0 Å². The maximum Gasteiger partial charge on any atom is 0.211 e.